The molecule has 0 fully saturated rings. The fourth-order valence-corrected chi connectivity index (χ4v) is 5.81. The third-order valence-corrected chi connectivity index (χ3v) is 10.0. The molecule has 0 spiro atoms. The summed E-state index contributed by atoms with van der Waals surface area (Å²) in [7, 11) is 0. The monoisotopic (exact) mass is 547 g/mol. The van der Waals surface area contributed by atoms with Gasteiger partial charge in [-0.05, 0) is 35.5 Å². The zero-order valence-electron chi connectivity index (χ0n) is 15.7. The molecule has 0 radical (unpaired) electrons. The molecule has 1 aromatic heterocycles. The lowest BCUT2D eigenvalue weighted by Gasteiger charge is -2.19. The molecule has 30 heavy (non-hydrogen) atoms. The second kappa shape index (κ2) is 14.4. The van der Waals surface area contributed by atoms with Gasteiger partial charge in [0.15, 0.2) is 0 Å². The summed E-state index contributed by atoms with van der Waals surface area (Å²) in [5.74, 6) is 2.28. The second-order valence-electron chi connectivity index (χ2n) is 5.88. The average Bonchev–Trinajstić information content (AvgIpc) is 2.76. The summed E-state index contributed by atoms with van der Waals surface area (Å²) in [6, 6.07) is 6.25. The predicted octanol–water partition coefficient (Wildman–Crippen LogP) is 6.68. The molecule has 11 heteroatoms. The van der Waals surface area contributed by atoms with E-state index in [-0.39, 0.29) is 6.04 Å². The molecule has 0 aromatic carbocycles. The van der Waals surface area contributed by atoms with E-state index in [9.17, 15) is 0 Å². The molecule has 1 atom stereocenters. The Balaban J connectivity index is 1.99. The number of thioether (sulfide) groups is 3. The van der Waals surface area contributed by atoms with Crippen LogP contribution in [-0.2, 0) is 5.75 Å². The second-order valence-corrected chi connectivity index (χ2v) is 12.5. The van der Waals surface area contributed by atoms with Crippen LogP contribution in [0.3, 0.4) is 0 Å². The number of aromatic nitrogens is 1. The normalized spacial score (nSPS) is 16.3. The van der Waals surface area contributed by atoms with Crippen LogP contribution >= 0.6 is 98.4 Å². The van der Waals surface area contributed by atoms with Crippen LogP contribution in [0.2, 0.25) is 0 Å². The van der Waals surface area contributed by atoms with Crippen molar-refractivity contribution < 1.29 is 0 Å². The molecule has 0 amide bonds. The van der Waals surface area contributed by atoms with Gasteiger partial charge in [-0.15, -0.1) is 98.4 Å². The first-order valence-corrected chi connectivity index (χ1v) is 13.9. The highest BCUT2D eigenvalue weighted by atomic mass is 32.2. The van der Waals surface area contributed by atoms with E-state index in [2.05, 4.69) is 97.7 Å². The molecule has 1 aromatic rings. The lowest BCUT2D eigenvalue weighted by Crippen LogP contribution is -2.18. The molecule has 2 rings (SSSR count). The Morgan fingerprint density at radius 3 is 2.53 bits per heavy atom. The molecule has 2 heterocycles. The van der Waals surface area contributed by atoms with Crippen molar-refractivity contribution in [1.82, 2.24) is 10.3 Å². The number of rotatable bonds is 10. The number of nitriles is 1. The zero-order valence-corrected chi connectivity index (χ0v) is 22.6. The molecular weight excluding hydrogens is 527 g/mol. The van der Waals surface area contributed by atoms with Gasteiger partial charge in [-0.1, -0.05) is 6.08 Å². The van der Waals surface area contributed by atoms with Crippen molar-refractivity contribution in [1.29, 1.82) is 5.26 Å². The number of thiol groups is 5. The van der Waals surface area contributed by atoms with E-state index in [1.165, 1.54) is 5.57 Å². The van der Waals surface area contributed by atoms with Gasteiger partial charge in [-0.3, -0.25) is 4.98 Å². The summed E-state index contributed by atoms with van der Waals surface area (Å²) in [4.78, 5) is 4.54. The Morgan fingerprint density at radius 1 is 1.07 bits per heavy atom. The number of allylic oxidation sites excluding steroid dienone is 1. The van der Waals surface area contributed by atoms with E-state index < -0.39 is 0 Å². The van der Waals surface area contributed by atoms with E-state index >= 15 is 0 Å². The van der Waals surface area contributed by atoms with Gasteiger partial charge >= 0.3 is 0 Å². The standard InChI is InChI=1S/C19H21N3S8/c20-4-1-7-28-18(26)19(27)30-11-13-3-6-22-15(9-13)14-8-12(2-5-21-14)10-29-17(25)16(23)24/h2-3,5-6,8-9,15,22-27H,1,7,10-11H2/b19-18-. The van der Waals surface area contributed by atoms with Gasteiger partial charge in [-0.2, -0.15) is 5.26 Å². The zero-order chi connectivity index (χ0) is 21.9. The van der Waals surface area contributed by atoms with Crippen LogP contribution in [0, 0.1) is 11.3 Å². The van der Waals surface area contributed by atoms with Crippen molar-refractivity contribution in [2.45, 2.75) is 18.2 Å². The van der Waals surface area contributed by atoms with Crippen molar-refractivity contribution in [3.63, 3.8) is 0 Å². The summed E-state index contributed by atoms with van der Waals surface area (Å²) in [5.41, 5.74) is 3.32. The third kappa shape index (κ3) is 9.36. The van der Waals surface area contributed by atoms with Crippen LogP contribution in [0.1, 0.15) is 23.7 Å². The van der Waals surface area contributed by atoms with Crippen molar-refractivity contribution in [3.05, 3.63) is 70.5 Å². The molecule has 0 saturated heterocycles. The van der Waals surface area contributed by atoms with Crippen LogP contribution in [0.15, 0.2) is 59.2 Å². The Hall–Kier alpha value is 0.200. The highest BCUT2D eigenvalue weighted by molar-refractivity contribution is 8.21. The highest BCUT2D eigenvalue weighted by Crippen LogP contribution is 2.35. The summed E-state index contributed by atoms with van der Waals surface area (Å²) in [6.07, 6.45) is 8.53. The molecule has 1 N–H and O–H groups in total. The lowest BCUT2D eigenvalue weighted by atomic mass is 10.1. The average molecular weight is 548 g/mol. The smallest absolute Gasteiger partial charge is 0.0871 e. The molecule has 1 unspecified atom stereocenters. The molecule has 1 aliphatic heterocycles. The number of hydrogen-bond donors (Lipinski definition) is 6. The minimum atomic E-state index is 0.0136. The SMILES string of the molecule is N#CCCS/C(S)=C(/S)SCC1=CC(c2cc(CSC(S)=C(S)S)ccn2)NC=C1. The summed E-state index contributed by atoms with van der Waals surface area (Å²) in [5, 5.41) is 12.0. The van der Waals surface area contributed by atoms with Crippen LogP contribution in [0.4, 0.5) is 0 Å². The highest BCUT2D eigenvalue weighted by Gasteiger charge is 2.14. The van der Waals surface area contributed by atoms with Gasteiger partial charge in [0.25, 0.3) is 0 Å². The van der Waals surface area contributed by atoms with Crippen LogP contribution in [0.25, 0.3) is 0 Å². The predicted molar refractivity (Wildman–Crippen MR) is 153 cm³/mol. The number of nitrogens with one attached hydrogen (secondary N) is 1. The Kier molecular flexibility index (Phi) is 12.7. The van der Waals surface area contributed by atoms with Crippen molar-refractivity contribution in [3.8, 4) is 6.07 Å². The Labute approximate surface area is 218 Å². The number of nitrogens with zero attached hydrogens (tertiary/aromatic N) is 2. The Morgan fingerprint density at radius 2 is 1.80 bits per heavy atom. The maximum absolute atomic E-state index is 8.64. The van der Waals surface area contributed by atoms with Crippen LogP contribution < -0.4 is 5.32 Å². The lowest BCUT2D eigenvalue weighted by molar-refractivity contribution is 0.714. The van der Waals surface area contributed by atoms with E-state index in [0.29, 0.717) is 10.7 Å². The van der Waals surface area contributed by atoms with Gasteiger partial charge in [0.1, 0.15) is 0 Å². The summed E-state index contributed by atoms with van der Waals surface area (Å²) >= 11 is 26.6. The minimum absolute atomic E-state index is 0.0136. The van der Waals surface area contributed by atoms with Crippen molar-refractivity contribution in [2.24, 2.45) is 0 Å². The van der Waals surface area contributed by atoms with Gasteiger partial charge in [0.2, 0.25) is 0 Å². The molecule has 160 valence electrons. The molecule has 3 nitrogen and oxygen atoms in total. The van der Waals surface area contributed by atoms with Gasteiger partial charge < -0.3 is 5.32 Å². The molecule has 0 aliphatic carbocycles. The molecule has 0 bridgehead atoms. The summed E-state index contributed by atoms with van der Waals surface area (Å²) in [6.45, 7) is 0. The fourth-order valence-electron chi connectivity index (χ4n) is 2.28. The fraction of sp³-hybridized carbons (Fsp3) is 0.263. The first-order chi connectivity index (χ1) is 14.4. The first-order valence-electron chi connectivity index (χ1n) is 8.67. The largest absolute Gasteiger partial charge is 0.379 e. The van der Waals surface area contributed by atoms with E-state index in [1.54, 1.807) is 35.3 Å². The van der Waals surface area contributed by atoms with Gasteiger partial charge in [0.05, 0.1) is 34.8 Å². The Bertz CT molecular complexity index is 897. The quantitative estimate of drug-likeness (QED) is 0.145. The van der Waals surface area contributed by atoms with Crippen LogP contribution in [-0.4, -0.2) is 16.5 Å². The topological polar surface area (TPSA) is 48.7 Å². The van der Waals surface area contributed by atoms with Crippen molar-refractivity contribution in [2.75, 3.05) is 11.5 Å². The van der Waals surface area contributed by atoms with E-state index in [4.69, 9.17) is 5.26 Å². The van der Waals surface area contributed by atoms with Crippen LogP contribution in [0.5, 0.6) is 0 Å². The minimum Gasteiger partial charge on any atom is -0.379 e. The molecule has 0 saturated carbocycles. The summed E-state index contributed by atoms with van der Waals surface area (Å²) < 4.78 is 3.13. The van der Waals surface area contributed by atoms with E-state index in [0.717, 1.165) is 41.2 Å². The molecule has 1 aliphatic rings. The van der Waals surface area contributed by atoms with E-state index in [1.807, 2.05) is 18.5 Å². The maximum atomic E-state index is 8.64. The first kappa shape index (κ1) is 26.5. The van der Waals surface area contributed by atoms with Gasteiger partial charge in [0, 0.05) is 29.9 Å². The van der Waals surface area contributed by atoms with Crippen molar-refractivity contribution >= 4 is 98.4 Å². The number of pyridine rings is 1. The number of dihydropyridines is 1. The molecular formula is C19H21N3S8. The maximum Gasteiger partial charge on any atom is 0.0871 e. The third-order valence-electron chi connectivity index (χ3n) is 3.70. The van der Waals surface area contributed by atoms with Gasteiger partial charge in [-0.25, -0.2) is 0 Å². The number of hydrogen-bond acceptors (Lipinski definition) is 11.